The average Bonchev–Trinajstić information content (AvgIpc) is 1.87. The predicted octanol–water partition coefficient (Wildman–Crippen LogP) is 1.14. The lowest BCUT2D eigenvalue weighted by molar-refractivity contribution is -0.113. The topological polar surface area (TPSA) is 38.3 Å². The molecule has 3 nitrogen and oxygen atoms in total. The van der Waals surface area contributed by atoms with E-state index >= 15 is 0 Å². The minimum absolute atomic E-state index is 0.0633. The zero-order valence-corrected chi connectivity index (χ0v) is 8.31. The van der Waals surface area contributed by atoms with Crippen molar-refractivity contribution in [3.05, 3.63) is 0 Å². The minimum Gasteiger partial charge on any atom is -0.378 e. The molecule has 4 heteroatoms. The Hall–Kier alpha value is 0.0200. The Labute approximate surface area is 69.7 Å². The molecule has 11 heavy (non-hydrogen) atoms. The van der Waals surface area contributed by atoms with Crippen molar-refractivity contribution in [2.75, 3.05) is 13.7 Å². The lowest BCUT2D eigenvalue weighted by Crippen LogP contribution is -2.12. The lowest BCUT2D eigenvalue weighted by Gasteiger charge is -2.09. The monoisotopic (exact) mass is 177 g/mol. The molecule has 0 saturated carbocycles. The van der Waals surface area contributed by atoms with Crippen molar-refractivity contribution in [2.24, 2.45) is 0 Å². The molecule has 0 aliphatic heterocycles. The second kappa shape index (κ2) is 6.71. The van der Waals surface area contributed by atoms with Gasteiger partial charge in [0.05, 0.1) is 6.10 Å². The molecule has 0 aromatic rings. The molecular formula is C7H16NO2P. The van der Waals surface area contributed by atoms with Crippen LogP contribution in [0.5, 0.6) is 0 Å². The molecule has 0 rings (SSSR count). The van der Waals surface area contributed by atoms with Gasteiger partial charge in [0.25, 0.3) is 0 Å². The van der Waals surface area contributed by atoms with Crippen LogP contribution in [0.25, 0.3) is 0 Å². The van der Waals surface area contributed by atoms with Crippen molar-refractivity contribution < 1.29 is 9.53 Å². The first kappa shape index (κ1) is 11.0. The van der Waals surface area contributed by atoms with Gasteiger partial charge in [0, 0.05) is 21.8 Å². The number of nitrogens with one attached hydrogen (secondary N) is 1. The summed E-state index contributed by atoms with van der Waals surface area (Å²) in [6, 6.07) is 0. The van der Waals surface area contributed by atoms with E-state index in [9.17, 15) is 4.79 Å². The van der Waals surface area contributed by atoms with Crippen molar-refractivity contribution >= 4 is 14.3 Å². The first-order valence-corrected chi connectivity index (χ1v) is 4.77. The van der Waals surface area contributed by atoms with E-state index in [1.54, 1.807) is 7.05 Å². The van der Waals surface area contributed by atoms with Crippen LogP contribution in [-0.4, -0.2) is 25.3 Å². The van der Waals surface area contributed by atoms with Crippen LogP contribution in [0.1, 0.15) is 20.3 Å². The predicted molar refractivity (Wildman–Crippen MR) is 48.1 cm³/mol. The third kappa shape index (κ3) is 6.42. The molecule has 0 heterocycles. The molecule has 0 amide bonds. The zero-order chi connectivity index (χ0) is 8.69. The van der Waals surface area contributed by atoms with Gasteiger partial charge in [0.1, 0.15) is 0 Å². The van der Waals surface area contributed by atoms with E-state index in [1.807, 2.05) is 13.8 Å². The van der Waals surface area contributed by atoms with Gasteiger partial charge in [-0.25, -0.2) is 0 Å². The fraction of sp³-hybridized carbons (Fsp3) is 0.857. The van der Waals surface area contributed by atoms with Gasteiger partial charge in [-0.1, -0.05) is 0 Å². The van der Waals surface area contributed by atoms with Gasteiger partial charge in [-0.05, 0) is 20.9 Å². The molecule has 0 bridgehead atoms. The number of ether oxygens (including phenoxy) is 1. The van der Waals surface area contributed by atoms with Crippen molar-refractivity contribution in [2.45, 2.75) is 26.4 Å². The molecule has 0 aliphatic rings. The highest BCUT2D eigenvalue weighted by molar-refractivity contribution is 7.55. The van der Waals surface area contributed by atoms with Gasteiger partial charge in [-0.15, -0.1) is 0 Å². The summed E-state index contributed by atoms with van der Waals surface area (Å²) in [6.07, 6.45) is 0.584. The van der Waals surface area contributed by atoms with E-state index in [-0.39, 0.29) is 20.4 Å². The summed E-state index contributed by atoms with van der Waals surface area (Å²) < 4.78 is 5.21. The molecule has 66 valence electrons. The normalized spacial score (nSPS) is 14.1. The van der Waals surface area contributed by atoms with Crippen LogP contribution < -0.4 is 5.09 Å². The van der Waals surface area contributed by atoms with Gasteiger partial charge in [-0.3, -0.25) is 9.88 Å². The van der Waals surface area contributed by atoms with E-state index in [0.29, 0.717) is 13.0 Å². The molecule has 0 spiro atoms. The summed E-state index contributed by atoms with van der Waals surface area (Å²) in [7, 11) is 2.00. The second-order valence-electron chi connectivity index (χ2n) is 2.27. The highest BCUT2D eigenvalue weighted by Crippen LogP contribution is 2.10. The van der Waals surface area contributed by atoms with E-state index in [2.05, 4.69) is 5.09 Å². The summed E-state index contributed by atoms with van der Waals surface area (Å²) in [5.41, 5.74) is 0.230. The van der Waals surface area contributed by atoms with Crippen molar-refractivity contribution in [3.8, 4) is 0 Å². The Morgan fingerprint density at radius 3 is 2.82 bits per heavy atom. The highest BCUT2D eigenvalue weighted by Gasteiger charge is 2.07. The van der Waals surface area contributed by atoms with Crippen LogP contribution in [-0.2, 0) is 9.53 Å². The number of hydrogen-bond donors (Lipinski definition) is 1. The lowest BCUT2D eigenvalue weighted by atomic mass is 10.3. The van der Waals surface area contributed by atoms with Gasteiger partial charge < -0.3 is 4.74 Å². The highest BCUT2D eigenvalue weighted by atomic mass is 31.1. The van der Waals surface area contributed by atoms with Crippen LogP contribution >= 0.6 is 8.73 Å². The fourth-order valence-electron chi connectivity index (χ4n) is 0.795. The number of carbonyl (C=O) groups excluding carboxylic acids is 1. The van der Waals surface area contributed by atoms with Crippen LogP contribution in [0.2, 0.25) is 0 Å². The first-order valence-electron chi connectivity index (χ1n) is 3.77. The number of rotatable bonds is 6. The Kier molecular flexibility index (Phi) is 6.73. The fourth-order valence-corrected chi connectivity index (χ4v) is 1.46. The van der Waals surface area contributed by atoms with Gasteiger partial charge in [0.2, 0.25) is 0 Å². The Bertz CT molecular complexity index is 119. The van der Waals surface area contributed by atoms with E-state index in [1.165, 1.54) is 0 Å². The smallest absolute Gasteiger partial charge is 0.168 e. The second-order valence-corrected chi connectivity index (χ2v) is 3.58. The Morgan fingerprint density at radius 1 is 1.73 bits per heavy atom. The third-order valence-electron chi connectivity index (χ3n) is 1.19. The first-order chi connectivity index (χ1) is 5.20. The quantitative estimate of drug-likeness (QED) is 0.618. The van der Waals surface area contributed by atoms with Gasteiger partial charge >= 0.3 is 0 Å². The average molecular weight is 177 g/mol. The van der Waals surface area contributed by atoms with Crippen LogP contribution in [0.3, 0.4) is 0 Å². The van der Waals surface area contributed by atoms with E-state index in [4.69, 9.17) is 4.74 Å². The van der Waals surface area contributed by atoms with Crippen molar-refractivity contribution in [3.63, 3.8) is 0 Å². The largest absolute Gasteiger partial charge is 0.378 e. The molecule has 0 saturated heterocycles. The van der Waals surface area contributed by atoms with Gasteiger partial charge in [-0.2, -0.15) is 0 Å². The molecule has 2 unspecified atom stereocenters. The Morgan fingerprint density at radius 2 is 2.36 bits per heavy atom. The molecule has 0 aromatic heterocycles. The maximum absolute atomic E-state index is 11.0. The molecule has 0 radical (unpaired) electrons. The summed E-state index contributed by atoms with van der Waals surface area (Å²) in [4.78, 5) is 11.0. The SMILES string of the molecule is CCOC(C)CC(=O)PNC. The number of hydrogen-bond acceptors (Lipinski definition) is 3. The Balaban J connectivity index is 3.40. The number of carbonyl (C=O) groups is 1. The minimum atomic E-state index is 0.0633. The van der Waals surface area contributed by atoms with E-state index in [0.717, 1.165) is 0 Å². The van der Waals surface area contributed by atoms with Crippen LogP contribution in [0.4, 0.5) is 0 Å². The summed E-state index contributed by atoms with van der Waals surface area (Å²) in [5.74, 6) is 0. The molecule has 0 aromatic carbocycles. The maximum Gasteiger partial charge on any atom is 0.168 e. The van der Waals surface area contributed by atoms with Crippen LogP contribution in [0, 0.1) is 0 Å². The van der Waals surface area contributed by atoms with Crippen molar-refractivity contribution in [1.82, 2.24) is 5.09 Å². The summed E-state index contributed by atoms with van der Waals surface area (Å²) in [6.45, 7) is 4.53. The third-order valence-corrected chi connectivity index (χ3v) is 1.92. The van der Waals surface area contributed by atoms with Crippen LogP contribution in [0.15, 0.2) is 0 Å². The zero-order valence-electron chi connectivity index (χ0n) is 7.31. The van der Waals surface area contributed by atoms with E-state index < -0.39 is 0 Å². The molecule has 0 aliphatic carbocycles. The molecule has 0 fully saturated rings. The standard InChI is InChI=1S/C7H16NO2P/c1-4-10-6(2)5-7(9)11-8-3/h6,8,11H,4-5H2,1-3H3. The summed E-state index contributed by atoms with van der Waals surface area (Å²) in [5, 5.41) is 2.84. The molecular weight excluding hydrogens is 161 g/mol. The summed E-state index contributed by atoms with van der Waals surface area (Å²) >= 11 is 0. The van der Waals surface area contributed by atoms with Gasteiger partial charge in [0.15, 0.2) is 5.52 Å². The molecule has 2 atom stereocenters. The maximum atomic E-state index is 11.0. The van der Waals surface area contributed by atoms with Crippen molar-refractivity contribution in [1.29, 1.82) is 0 Å². The molecule has 1 N–H and O–H groups in total.